The van der Waals surface area contributed by atoms with Crippen LogP contribution in [-0.2, 0) is 90.3 Å². The van der Waals surface area contributed by atoms with Crippen LogP contribution in [0.15, 0.2) is 11.6 Å². The van der Waals surface area contributed by atoms with Crippen LogP contribution >= 0.6 is 0 Å². The fourth-order valence-corrected chi connectivity index (χ4v) is 19.4. The van der Waals surface area contributed by atoms with E-state index in [4.69, 9.17) is 66.3 Å². The van der Waals surface area contributed by atoms with Crippen LogP contribution < -0.4 is 0 Å². The van der Waals surface area contributed by atoms with Crippen molar-refractivity contribution in [2.45, 2.75) is 311 Å². The normalized spacial score (nSPS) is 52.2. The summed E-state index contributed by atoms with van der Waals surface area (Å²) in [6.45, 7) is 15.4. The van der Waals surface area contributed by atoms with Gasteiger partial charge in [-0.2, -0.15) is 0 Å². The summed E-state index contributed by atoms with van der Waals surface area (Å²) in [5.74, 6) is -5.64. The Morgan fingerprint density at radius 2 is 1.13 bits per heavy atom. The first-order chi connectivity index (χ1) is 47.7. The van der Waals surface area contributed by atoms with Crippen molar-refractivity contribution in [3.05, 3.63) is 11.6 Å². The van der Waals surface area contributed by atoms with Crippen LogP contribution in [0.5, 0.6) is 0 Å². The predicted molar refractivity (Wildman–Crippen MR) is 335 cm³/mol. The van der Waals surface area contributed by atoms with E-state index in [1.54, 1.807) is 6.92 Å². The highest BCUT2D eigenvalue weighted by molar-refractivity contribution is 5.80. The number of aliphatic hydroxyl groups is 14. The van der Waals surface area contributed by atoms with Crippen LogP contribution in [0.4, 0.5) is 0 Å². The second-order valence-corrected chi connectivity index (χ2v) is 31.9. The molecule has 4 saturated carbocycles. The molecular formula is C68H104O34. The average molecular weight is 1470 g/mol. The molecule has 11 aliphatic rings. The van der Waals surface area contributed by atoms with E-state index in [-0.39, 0.29) is 25.2 Å². The molecule has 6 heterocycles. The number of rotatable bonds is 18. The van der Waals surface area contributed by atoms with Gasteiger partial charge in [0, 0.05) is 13.8 Å². The number of aliphatic hydroxyl groups excluding tert-OH is 14. The molecule has 6 aliphatic heterocycles. The molecule has 0 aromatic carbocycles. The molecule has 0 aromatic rings. The Hall–Kier alpha value is -3.71. The summed E-state index contributed by atoms with van der Waals surface area (Å²) in [6.07, 6.45) is -46.7. The van der Waals surface area contributed by atoms with E-state index < -0.39 is 272 Å². The third kappa shape index (κ3) is 13.7. The van der Waals surface area contributed by atoms with Crippen LogP contribution in [0, 0.1) is 50.2 Å². The smallest absolute Gasteiger partial charge is 0.335 e. The molecule has 6 saturated heterocycles. The minimum Gasteiger partial charge on any atom is -0.479 e. The highest BCUT2D eigenvalue weighted by Crippen LogP contribution is 2.76. The van der Waals surface area contributed by atoms with Gasteiger partial charge in [-0.15, -0.1) is 0 Å². The Labute approximate surface area is 588 Å². The standard InChI is InChI=1S/C68H104O34/c1-25-49(97-56-45(82)38(75)31(73)22-90-56)44(81)48(85)57(91-25)101-54-53(100-58-46(83)40(77)33(95-58)23-89-27(3)71)50(93-28(4)72)26(2)92-61(54)102-62(88)68-18-17-63(5,6)19-30(68)29-11-12-35-64(7)15-14-37(65(8,24-70)34(64)13-16-66(35,9)67(29,10)20-36(68)74)96-60-52(43(80)42(79)51(98-60)55(86)87)99-59-47(84)41(78)39(76)32(21-69)94-59/h11,24-26,30-54,56-61,69,73-85H,12-23H2,1-10H3,(H,86,87). The lowest BCUT2D eigenvalue weighted by Crippen LogP contribution is -2.69. The second kappa shape index (κ2) is 29.7. The summed E-state index contributed by atoms with van der Waals surface area (Å²) in [4.78, 5) is 67.7. The molecule has 102 heavy (non-hydrogen) atoms. The number of fused-ring (bicyclic) bond motifs is 7. The van der Waals surface area contributed by atoms with E-state index in [1.807, 2.05) is 0 Å². The minimum atomic E-state index is -2.13. The summed E-state index contributed by atoms with van der Waals surface area (Å²) >= 11 is 0. The maximum Gasteiger partial charge on any atom is 0.335 e. The first-order valence-electron chi connectivity index (χ1n) is 35.3. The van der Waals surface area contributed by atoms with Crippen molar-refractivity contribution < 1.29 is 167 Å². The van der Waals surface area contributed by atoms with Crippen molar-refractivity contribution in [1.29, 1.82) is 0 Å². The van der Waals surface area contributed by atoms with Gasteiger partial charge in [0.05, 0.1) is 43.0 Å². The van der Waals surface area contributed by atoms with Crippen molar-refractivity contribution in [2.24, 2.45) is 50.2 Å². The summed E-state index contributed by atoms with van der Waals surface area (Å²) < 4.78 is 84.3. The Balaban J connectivity index is 0.894. The SMILES string of the molecule is CC(=O)OCC1OC(OC2C(OC(C)=O)C(C)OC(OC(=O)C34CCC(C)(C)CC3C3=CCC5C6(C)CCC(OC7OC(C(=O)O)C(O)C(O)C7OC7OC(CO)C(O)C(O)C7O)C(C)(C=O)C6CCC5(C)C3(C)CC4O)C2OC2OC(C)C(OC3OCC(O)C(O)C3O)C(O)C2O)C(O)C1O. The molecule has 0 amide bonds. The Kier molecular flexibility index (Phi) is 23.1. The van der Waals surface area contributed by atoms with E-state index in [1.165, 1.54) is 13.8 Å². The number of esters is 3. The topological polar surface area (TPSA) is 518 Å². The molecule has 0 spiro atoms. The quantitative estimate of drug-likeness (QED) is 0.0207. The lowest BCUT2D eigenvalue weighted by atomic mass is 9.33. The molecule has 580 valence electrons. The second-order valence-electron chi connectivity index (χ2n) is 31.9. The van der Waals surface area contributed by atoms with Crippen molar-refractivity contribution in [3.8, 4) is 0 Å². The van der Waals surface area contributed by atoms with Gasteiger partial charge in [0.2, 0.25) is 6.29 Å². The molecule has 0 aromatic heterocycles. The Bertz CT molecular complexity index is 3050. The Morgan fingerprint density at radius 3 is 1.77 bits per heavy atom. The van der Waals surface area contributed by atoms with E-state index in [0.29, 0.717) is 38.5 Å². The monoisotopic (exact) mass is 1460 g/mol. The number of aldehydes is 1. The molecule has 11 rings (SSSR count). The molecule has 34 heteroatoms. The number of carboxylic acids is 1. The number of ether oxygens (including phenoxy) is 14. The fourth-order valence-electron chi connectivity index (χ4n) is 19.4. The molecule has 10 fully saturated rings. The van der Waals surface area contributed by atoms with Crippen molar-refractivity contribution in [1.82, 2.24) is 0 Å². The number of aliphatic carboxylic acids is 1. The molecule has 38 atom stereocenters. The van der Waals surface area contributed by atoms with Gasteiger partial charge in [-0.1, -0.05) is 53.2 Å². The third-order valence-electron chi connectivity index (χ3n) is 25.3. The average Bonchev–Trinajstić information content (AvgIpc) is 0.727. The molecule has 5 aliphatic carbocycles. The molecule has 38 unspecified atom stereocenters. The minimum absolute atomic E-state index is 0.0164. The number of hydrogen-bond donors (Lipinski definition) is 15. The lowest BCUT2D eigenvalue weighted by Gasteiger charge is -2.71. The van der Waals surface area contributed by atoms with Crippen molar-refractivity contribution in [2.75, 3.05) is 19.8 Å². The molecule has 0 bridgehead atoms. The van der Waals surface area contributed by atoms with Gasteiger partial charge in [-0.25, -0.2) is 4.79 Å². The van der Waals surface area contributed by atoms with Gasteiger partial charge in [0.15, 0.2) is 49.8 Å². The van der Waals surface area contributed by atoms with Crippen LogP contribution in [0.25, 0.3) is 0 Å². The molecule has 15 N–H and O–H groups in total. The van der Waals surface area contributed by atoms with Crippen molar-refractivity contribution >= 4 is 30.2 Å². The first kappa shape index (κ1) is 79.3. The summed E-state index contributed by atoms with van der Waals surface area (Å²) in [5, 5.41) is 166. The maximum absolute atomic E-state index is 16.2. The zero-order valence-corrected chi connectivity index (χ0v) is 58.7. The highest BCUT2D eigenvalue weighted by atomic mass is 16.8. The number of hydrogen-bond acceptors (Lipinski definition) is 33. The number of allylic oxidation sites excluding steroid dienone is 2. The van der Waals surface area contributed by atoms with Gasteiger partial charge in [0.1, 0.15) is 122 Å². The van der Waals surface area contributed by atoms with Crippen LogP contribution in [-0.4, -0.2) is 311 Å². The van der Waals surface area contributed by atoms with Crippen LogP contribution in [0.1, 0.15) is 127 Å². The first-order valence-corrected chi connectivity index (χ1v) is 35.3. The lowest BCUT2D eigenvalue weighted by molar-refractivity contribution is -0.382. The largest absolute Gasteiger partial charge is 0.479 e. The molecular weight excluding hydrogens is 1360 g/mol. The molecule has 0 radical (unpaired) electrons. The van der Waals surface area contributed by atoms with Gasteiger partial charge in [-0.3, -0.25) is 14.4 Å². The van der Waals surface area contributed by atoms with E-state index in [2.05, 4.69) is 40.7 Å². The van der Waals surface area contributed by atoms with Gasteiger partial charge < -0.3 is 148 Å². The van der Waals surface area contributed by atoms with E-state index >= 15 is 4.79 Å². The van der Waals surface area contributed by atoms with E-state index in [0.717, 1.165) is 25.7 Å². The third-order valence-corrected chi connectivity index (χ3v) is 25.3. The summed E-state index contributed by atoms with van der Waals surface area (Å²) in [5.41, 5.74) is -4.86. The van der Waals surface area contributed by atoms with Gasteiger partial charge >= 0.3 is 23.9 Å². The zero-order chi connectivity index (χ0) is 74.7. The fraction of sp³-hybridized carbons (Fsp3) is 0.897. The van der Waals surface area contributed by atoms with E-state index in [9.17, 15) is 95.8 Å². The van der Waals surface area contributed by atoms with Crippen LogP contribution in [0.2, 0.25) is 0 Å². The van der Waals surface area contributed by atoms with Crippen molar-refractivity contribution in [3.63, 3.8) is 0 Å². The van der Waals surface area contributed by atoms with Gasteiger partial charge in [0.25, 0.3) is 0 Å². The zero-order valence-electron chi connectivity index (χ0n) is 58.7. The predicted octanol–water partition coefficient (Wildman–Crippen LogP) is -3.67. The molecule has 34 nitrogen and oxygen atoms in total. The highest BCUT2D eigenvalue weighted by Gasteiger charge is 2.73. The number of carbonyl (C=O) groups excluding carboxylic acids is 4. The number of carbonyl (C=O) groups is 5. The van der Waals surface area contributed by atoms with Crippen LogP contribution in [0.3, 0.4) is 0 Å². The Morgan fingerprint density at radius 1 is 0.549 bits per heavy atom. The number of carboxylic acid groups (broad SMARTS) is 1. The maximum atomic E-state index is 16.2. The summed E-state index contributed by atoms with van der Waals surface area (Å²) in [6, 6.07) is 0. The van der Waals surface area contributed by atoms with Gasteiger partial charge in [-0.05, 0) is 111 Å². The summed E-state index contributed by atoms with van der Waals surface area (Å²) in [7, 11) is 0.